The number of piperazine rings is 1. The highest BCUT2D eigenvalue weighted by atomic mass is 16.5. The molecule has 1 aliphatic carbocycles. The zero-order valence-electron chi connectivity index (χ0n) is 21.3. The third-order valence-corrected chi connectivity index (χ3v) is 8.69. The van der Waals surface area contributed by atoms with Crippen LogP contribution in [-0.4, -0.2) is 61.0 Å². The molecule has 0 radical (unpaired) electrons. The predicted octanol–water partition coefficient (Wildman–Crippen LogP) is 5.24. The fourth-order valence-electron chi connectivity index (χ4n) is 6.77. The van der Waals surface area contributed by atoms with E-state index in [0.717, 1.165) is 63.3 Å². The molecule has 3 aliphatic rings. The van der Waals surface area contributed by atoms with Gasteiger partial charge in [-0.1, -0.05) is 37.5 Å². The minimum atomic E-state index is -0.0867. The summed E-state index contributed by atoms with van der Waals surface area (Å²) in [4.78, 5) is 22.4. The van der Waals surface area contributed by atoms with Crippen molar-refractivity contribution in [2.75, 3.05) is 43.5 Å². The van der Waals surface area contributed by atoms with Crippen LogP contribution in [0.3, 0.4) is 0 Å². The van der Waals surface area contributed by atoms with Crippen molar-refractivity contribution < 1.29 is 9.53 Å². The number of para-hydroxylation sites is 1. The van der Waals surface area contributed by atoms with Crippen molar-refractivity contribution in [2.24, 2.45) is 5.92 Å². The SMILES string of the molecule is COc1cccc2c1NC(C(C(=O)C1CCCCC1)N1CCN(c3cccc4[nH]ccc34)CC1)CC2. The number of methoxy groups -OCH3 is 1. The lowest BCUT2D eigenvalue weighted by molar-refractivity contribution is -0.130. The molecular weight excluding hydrogens is 448 g/mol. The average molecular weight is 487 g/mol. The molecule has 6 heteroatoms. The first-order chi connectivity index (χ1) is 17.7. The number of nitrogens with zero attached hydrogens (tertiary/aromatic N) is 2. The summed E-state index contributed by atoms with van der Waals surface area (Å²) in [5.41, 5.74) is 4.84. The number of carbonyl (C=O) groups excluding carboxylic acids is 1. The second kappa shape index (κ2) is 10.2. The number of aryl methyl sites for hydroxylation is 1. The first-order valence-electron chi connectivity index (χ1n) is 13.7. The lowest BCUT2D eigenvalue weighted by Crippen LogP contribution is -2.60. The molecule has 36 heavy (non-hydrogen) atoms. The molecule has 6 rings (SSSR count). The number of rotatable bonds is 6. The molecule has 1 saturated carbocycles. The van der Waals surface area contributed by atoms with Gasteiger partial charge in [0.05, 0.1) is 18.8 Å². The standard InChI is InChI=1S/C30H38N4O2/c1-36-27-12-5-9-21-13-14-25(32-28(21)27)29(30(35)22-7-3-2-4-8-22)34-19-17-33(18-20-34)26-11-6-10-24-23(26)15-16-31-24/h5-6,9-12,15-16,22,25,29,31-32H,2-4,7-8,13-14,17-20H2,1H3. The van der Waals surface area contributed by atoms with Gasteiger partial charge in [-0.3, -0.25) is 9.69 Å². The Balaban J connectivity index is 1.24. The molecular formula is C30H38N4O2. The van der Waals surface area contributed by atoms with Gasteiger partial charge < -0.3 is 19.9 Å². The summed E-state index contributed by atoms with van der Waals surface area (Å²) in [6.07, 6.45) is 9.72. The van der Waals surface area contributed by atoms with Crippen LogP contribution in [0.4, 0.5) is 11.4 Å². The molecule has 0 spiro atoms. The van der Waals surface area contributed by atoms with Gasteiger partial charge in [0.2, 0.25) is 0 Å². The molecule has 190 valence electrons. The van der Waals surface area contributed by atoms with E-state index < -0.39 is 0 Å². The zero-order chi connectivity index (χ0) is 24.5. The number of benzene rings is 2. The van der Waals surface area contributed by atoms with Crippen LogP contribution >= 0.6 is 0 Å². The van der Waals surface area contributed by atoms with Gasteiger partial charge in [-0.05, 0) is 55.5 Å². The van der Waals surface area contributed by atoms with Gasteiger partial charge in [0, 0.05) is 60.9 Å². The fourth-order valence-corrected chi connectivity index (χ4v) is 6.77. The van der Waals surface area contributed by atoms with E-state index in [1.54, 1.807) is 7.11 Å². The van der Waals surface area contributed by atoms with Crippen LogP contribution in [0.2, 0.25) is 0 Å². The quantitative estimate of drug-likeness (QED) is 0.499. The molecule has 0 amide bonds. The van der Waals surface area contributed by atoms with Crippen LogP contribution in [0, 0.1) is 5.92 Å². The zero-order valence-corrected chi connectivity index (χ0v) is 21.3. The molecule has 2 unspecified atom stereocenters. The lowest BCUT2D eigenvalue weighted by atomic mass is 9.80. The largest absolute Gasteiger partial charge is 0.495 e. The van der Waals surface area contributed by atoms with Crippen molar-refractivity contribution in [3.63, 3.8) is 0 Å². The van der Waals surface area contributed by atoms with Crippen molar-refractivity contribution in [1.29, 1.82) is 0 Å². The number of Topliss-reactive ketones (excluding diaryl/α,β-unsaturated/α-hetero) is 1. The van der Waals surface area contributed by atoms with E-state index in [2.05, 4.69) is 56.5 Å². The van der Waals surface area contributed by atoms with E-state index in [9.17, 15) is 4.79 Å². The van der Waals surface area contributed by atoms with E-state index in [1.807, 2.05) is 12.3 Å². The number of carbonyl (C=O) groups is 1. The van der Waals surface area contributed by atoms with Gasteiger partial charge in [0.1, 0.15) is 5.75 Å². The van der Waals surface area contributed by atoms with Crippen LogP contribution in [0.1, 0.15) is 44.1 Å². The summed E-state index contributed by atoms with van der Waals surface area (Å²) in [6.45, 7) is 3.68. The number of ketones is 1. The van der Waals surface area contributed by atoms with Gasteiger partial charge in [-0.2, -0.15) is 0 Å². The minimum absolute atomic E-state index is 0.0867. The van der Waals surface area contributed by atoms with Crippen LogP contribution in [0.25, 0.3) is 10.9 Å². The third-order valence-electron chi connectivity index (χ3n) is 8.69. The van der Waals surface area contributed by atoms with Crippen molar-refractivity contribution in [2.45, 2.75) is 57.0 Å². The summed E-state index contributed by atoms with van der Waals surface area (Å²) in [7, 11) is 1.73. The fraction of sp³-hybridized carbons (Fsp3) is 0.500. The molecule has 3 aromatic rings. The van der Waals surface area contributed by atoms with Crippen molar-refractivity contribution in [1.82, 2.24) is 9.88 Å². The van der Waals surface area contributed by atoms with Crippen molar-refractivity contribution in [3.05, 3.63) is 54.2 Å². The molecule has 1 saturated heterocycles. The Bertz CT molecular complexity index is 1190. The minimum Gasteiger partial charge on any atom is -0.495 e. The summed E-state index contributed by atoms with van der Waals surface area (Å²) >= 11 is 0. The van der Waals surface area contributed by atoms with Crippen LogP contribution in [-0.2, 0) is 11.2 Å². The number of anilines is 2. The predicted molar refractivity (Wildman–Crippen MR) is 146 cm³/mol. The maximum absolute atomic E-state index is 14.1. The van der Waals surface area contributed by atoms with Gasteiger partial charge in [-0.15, -0.1) is 0 Å². The molecule has 3 heterocycles. The number of ether oxygens (including phenoxy) is 1. The van der Waals surface area contributed by atoms with E-state index in [1.165, 1.54) is 41.4 Å². The molecule has 2 fully saturated rings. The second-order valence-corrected chi connectivity index (χ2v) is 10.7. The Morgan fingerprint density at radius 1 is 0.972 bits per heavy atom. The topological polar surface area (TPSA) is 60.6 Å². The smallest absolute Gasteiger partial charge is 0.155 e. The maximum Gasteiger partial charge on any atom is 0.155 e. The highest BCUT2D eigenvalue weighted by Crippen LogP contribution is 2.37. The molecule has 2 atom stereocenters. The number of aromatic amines is 1. The Morgan fingerprint density at radius 3 is 2.58 bits per heavy atom. The maximum atomic E-state index is 14.1. The highest BCUT2D eigenvalue weighted by molar-refractivity contribution is 5.92. The monoisotopic (exact) mass is 486 g/mol. The second-order valence-electron chi connectivity index (χ2n) is 10.7. The first kappa shape index (κ1) is 23.4. The number of aromatic nitrogens is 1. The number of hydrogen-bond acceptors (Lipinski definition) is 5. The van der Waals surface area contributed by atoms with E-state index in [4.69, 9.17) is 4.74 Å². The Hall–Kier alpha value is -2.99. The Morgan fingerprint density at radius 2 is 1.78 bits per heavy atom. The van der Waals surface area contributed by atoms with Crippen LogP contribution < -0.4 is 15.0 Å². The van der Waals surface area contributed by atoms with Crippen molar-refractivity contribution in [3.8, 4) is 5.75 Å². The molecule has 2 aliphatic heterocycles. The van der Waals surface area contributed by atoms with E-state index in [0.29, 0.717) is 5.78 Å². The number of hydrogen-bond donors (Lipinski definition) is 2. The van der Waals surface area contributed by atoms with E-state index >= 15 is 0 Å². The molecule has 1 aromatic heterocycles. The van der Waals surface area contributed by atoms with Crippen molar-refractivity contribution >= 4 is 28.1 Å². The van der Waals surface area contributed by atoms with E-state index in [-0.39, 0.29) is 18.0 Å². The molecule has 0 bridgehead atoms. The Kier molecular flexibility index (Phi) is 6.61. The van der Waals surface area contributed by atoms with Crippen LogP contribution in [0.5, 0.6) is 5.75 Å². The molecule has 6 nitrogen and oxygen atoms in total. The highest BCUT2D eigenvalue weighted by Gasteiger charge is 2.40. The van der Waals surface area contributed by atoms with Gasteiger partial charge in [0.15, 0.2) is 5.78 Å². The number of H-pyrrole nitrogens is 1. The summed E-state index contributed by atoms with van der Waals surface area (Å²) in [5, 5.41) is 5.07. The summed E-state index contributed by atoms with van der Waals surface area (Å²) in [5.74, 6) is 1.55. The van der Waals surface area contributed by atoms with Gasteiger partial charge >= 0.3 is 0 Å². The third kappa shape index (κ3) is 4.36. The van der Waals surface area contributed by atoms with Crippen LogP contribution in [0.15, 0.2) is 48.7 Å². The number of nitrogens with one attached hydrogen (secondary N) is 2. The summed E-state index contributed by atoms with van der Waals surface area (Å²) < 4.78 is 5.68. The number of fused-ring (bicyclic) bond motifs is 2. The average Bonchev–Trinajstić information content (AvgIpc) is 3.43. The normalized spacial score (nSPS) is 22.1. The lowest BCUT2D eigenvalue weighted by Gasteiger charge is -2.45. The molecule has 2 aromatic carbocycles. The first-order valence-corrected chi connectivity index (χ1v) is 13.7. The Labute approximate surface area is 214 Å². The molecule has 2 N–H and O–H groups in total. The van der Waals surface area contributed by atoms with Gasteiger partial charge in [0.25, 0.3) is 0 Å². The summed E-state index contributed by atoms with van der Waals surface area (Å²) in [6, 6.07) is 15.0. The van der Waals surface area contributed by atoms with Gasteiger partial charge in [-0.25, -0.2) is 0 Å².